The molecule has 5 nitrogen and oxygen atoms in total. The number of allylic oxidation sites excluding steroid dienone is 6. The average molecular weight is 508 g/mol. The van der Waals surface area contributed by atoms with Gasteiger partial charge in [0.1, 0.15) is 0 Å². The number of thioether (sulfide) groups is 1. The number of nitrogens with one attached hydrogen (secondary N) is 1. The van der Waals surface area contributed by atoms with Crippen LogP contribution in [0.25, 0.3) is 16.7 Å². The number of hydrogen-bond donors (Lipinski definition) is 1. The molecule has 0 aliphatic heterocycles. The van der Waals surface area contributed by atoms with E-state index in [-0.39, 0.29) is 0 Å². The van der Waals surface area contributed by atoms with Gasteiger partial charge in [0.2, 0.25) is 0 Å². The summed E-state index contributed by atoms with van der Waals surface area (Å²) in [6.45, 7) is 9.39. The molecule has 4 rings (SSSR count). The first kappa shape index (κ1) is 26.2. The lowest BCUT2D eigenvalue weighted by molar-refractivity contribution is 0.775. The number of hydrogen-bond acceptors (Lipinski definition) is 5. The van der Waals surface area contributed by atoms with Crippen LogP contribution in [-0.4, -0.2) is 32.3 Å². The van der Waals surface area contributed by atoms with Crippen molar-refractivity contribution in [3.05, 3.63) is 121 Å². The summed E-state index contributed by atoms with van der Waals surface area (Å²) in [5, 5.41) is 4.25. The molecule has 6 heteroatoms. The monoisotopic (exact) mass is 507 g/mol. The first-order valence-electron chi connectivity index (χ1n) is 12.5. The molecule has 0 saturated carbocycles. The number of benzene rings is 2. The van der Waals surface area contributed by atoms with Crippen molar-refractivity contribution in [2.45, 2.75) is 31.0 Å². The maximum atomic E-state index is 4.74. The Hall–Kier alpha value is -3.90. The summed E-state index contributed by atoms with van der Waals surface area (Å²) in [6.07, 6.45) is 14.9. The Morgan fingerprint density at radius 1 is 1.00 bits per heavy atom. The van der Waals surface area contributed by atoms with E-state index in [2.05, 4.69) is 82.6 Å². The highest BCUT2D eigenvalue weighted by molar-refractivity contribution is 7.98. The quantitative estimate of drug-likeness (QED) is 0.0876. The van der Waals surface area contributed by atoms with Gasteiger partial charge in [0.05, 0.1) is 12.9 Å². The van der Waals surface area contributed by atoms with Crippen LogP contribution in [-0.2, 0) is 6.54 Å². The van der Waals surface area contributed by atoms with Crippen LogP contribution in [0.15, 0.2) is 115 Å². The summed E-state index contributed by atoms with van der Waals surface area (Å²) in [4.78, 5) is 14.1. The van der Waals surface area contributed by atoms with Crippen molar-refractivity contribution in [1.82, 2.24) is 19.5 Å². The molecule has 2 aromatic heterocycles. The van der Waals surface area contributed by atoms with Crippen LogP contribution in [0.1, 0.15) is 30.4 Å². The second kappa shape index (κ2) is 13.4. The van der Waals surface area contributed by atoms with Crippen LogP contribution in [0.2, 0.25) is 0 Å². The largest absolute Gasteiger partial charge is 0.368 e. The van der Waals surface area contributed by atoms with Crippen molar-refractivity contribution in [3.8, 4) is 0 Å². The highest BCUT2D eigenvalue weighted by Gasteiger charge is 2.13. The lowest BCUT2D eigenvalue weighted by Gasteiger charge is -2.10. The number of nitrogens with zero attached hydrogens (tertiary/aromatic N) is 4. The van der Waals surface area contributed by atoms with Crippen molar-refractivity contribution >= 4 is 34.3 Å². The SMILES string of the molecule is C=C/C=C(C=C)/C(=C\CCCCNc1nc(SC)nc2c1ncn2Cc1ccccc1)c1ccccc1. The lowest BCUT2D eigenvalue weighted by Crippen LogP contribution is -2.06. The molecule has 4 aromatic rings. The van der Waals surface area contributed by atoms with E-state index in [4.69, 9.17) is 9.97 Å². The Morgan fingerprint density at radius 3 is 2.46 bits per heavy atom. The van der Waals surface area contributed by atoms with Gasteiger partial charge in [-0.2, -0.15) is 0 Å². The van der Waals surface area contributed by atoms with Crippen LogP contribution < -0.4 is 5.32 Å². The molecule has 188 valence electrons. The van der Waals surface area contributed by atoms with Gasteiger partial charge in [-0.3, -0.25) is 0 Å². The maximum absolute atomic E-state index is 4.74. The second-order valence-electron chi connectivity index (χ2n) is 8.56. The van der Waals surface area contributed by atoms with Gasteiger partial charge in [-0.05, 0) is 47.8 Å². The number of anilines is 1. The molecule has 1 N–H and O–H groups in total. The molecule has 0 saturated heterocycles. The summed E-state index contributed by atoms with van der Waals surface area (Å²) >= 11 is 1.54. The fraction of sp³-hybridized carbons (Fsp3) is 0.194. The number of imidazole rings is 1. The molecule has 0 bridgehead atoms. The number of rotatable bonds is 13. The third-order valence-electron chi connectivity index (χ3n) is 6.01. The summed E-state index contributed by atoms with van der Waals surface area (Å²) in [6, 6.07) is 20.8. The Kier molecular flexibility index (Phi) is 9.49. The Labute approximate surface area is 223 Å². The molecule has 0 unspecified atom stereocenters. The predicted molar refractivity (Wildman–Crippen MR) is 158 cm³/mol. The van der Waals surface area contributed by atoms with Gasteiger partial charge in [-0.25, -0.2) is 15.0 Å². The molecule has 37 heavy (non-hydrogen) atoms. The fourth-order valence-electron chi connectivity index (χ4n) is 4.17. The van der Waals surface area contributed by atoms with Gasteiger partial charge >= 0.3 is 0 Å². The van der Waals surface area contributed by atoms with E-state index >= 15 is 0 Å². The van der Waals surface area contributed by atoms with Crippen molar-refractivity contribution < 1.29 is 0 Å². The summed E-state index contributed by atoms with van der Waals surface area (Å²) in [7, 11) is 0. The van der Waals surface area contributed by atoms with E-state index in [1.807, 2.05) is 42.9 Å². The molecular weight excluding hydrogens is 474 g/mol. The summed E-state index contributed by atoms with van der Waals surface area (Å²) < 4.78 is 2.08. The van der Waals surface area contributed by atoms with Crippen molar-refractivity contribution in [2.24, 2.45) is 0 Å². The first-order chi connectivity index (χ1) is 18.2. The molecule has 0 amide bonds. The first-order valence-corrected chi connectivity index (χ1v) is 13.7. The van der Waals surface area contributed by atoms with Gasteiger partial charge < -0.3 is 9.88 Å². The molecular formula is C31H33N5S. The zero-order chi connectivity index (χ0) is 25.9. The minimum Gasteiger partial charge on any atom is -0.368 e. The Bertz CT molecular complexity index is 1390. The van der Waals surface area contributed by atoms with Gasteiger partial charge in [-0.15, -0.1) is 0 Å². The van der Waals surface area contributed by atoms with Crippen molar-refractivity contribution in [2.75, 3.05) is 18.1 Å². The van der Waals surface area contributed by atoms with E-state index in [9.17, 15) is 0 Å². The van der Waals surface area contributed by atoms with Gasteiger partial charge in [0.15, 0.2) is 22.1 Å². The van der Waals surface area contributed by atoms with Gasteiger partial charge in [-0.1, -0.05) is 110 Å². The number of fused-ring (bicyclic) bond motifs is 1. The average Bonchev–Trinajstić information content (AvgIpc) is 3.35. The molecule has 2 heterocycles. The summed E-state index contributed by atoms with van der Waals surface area (Å²) in [5.41, 5.74) is 6.34. The standard InChI is InChI=1S/C31H33N5S/c1-4-15-25(5-2)27(26-18-11-7-12-19-26)20-13-8-14-21-32-29-28-30(35-31(34-29)37-3)36(23-33-28)22-24-16-9-6-10-17-24/h4-7,9-12,15-20,23H,1-2,8,13-14,21-22H2,3H3,(H,32,34,35)/b25-15+,27-20+. The number of unbranched alkanes of at least 4 members (excludes halogenated alkanes) is 2. The van der Waals surface area contributed by atoms with Gasteiger partial charge in [0, 0.05) is 6.54 Å². The molecule has 0 aliphatic carbocycles. The molecule has 2 aromatic carbocycles. The zero-order valence-corrected chi connectivity index (χ0v) is 22.1. The zero-order valence-electron chi connectivity index (χ0n) is 21.3. The Morgan fingerprint density at radius 2 is 1.76 bits per heavy atom. The maximum Gasteiger partial charge on any atom is 0.191 e. The molecule has 0 radical (unpaired) electrons. The minimum atomic E-state index is 0.727. The predicted octanol–water partition coefficient (Wildman–Crippen LogP) is 7.56. The third-order valence-corrected chi connectivity index (χ3v) is 6.55. The normalized spacial score (nSPS) is 12.0. The van der Waals surface area contributed by atoms with Crippen LogP contribution in [0.5, 0.6) is 0 Å². The topological polar surface area (TPSA) is 55.6 Å². The van der Waals surface area contributed by atoms with E-state index in [1.54, 1.807) is 11.8 Å². The highest BCUT2D eigenvalue weighted by Crippen LogP contribution is 2.26. The van der Waals surface area contributed by atoms with E-state index in [1.165, 1.54) is 16.7 Å². The third kappa shape index (κ3) is 6.86. The van der Waals surface area contributed by atoms with E-state index in [0.29, 0.717) is 0 Å². The van der Waals surface area contributed by atoms with Crippen LogP contribution in [0.4, 0.5) is 5.82 Å². The highest BCUT2D eigenvalue weighted by atomic mass is 32.2. The van der Waals surface area contributed by atoms with Crippen molar-refractivity contribution in [3.63, 3.8) is 0 Å². The smallest absolute Gasteiger partial charge is 0.191 e. The van der Waals surface area contributed by atoms with Crippen LogP contribution in [0, 0.1) is 0 Å². The van der Waals surface area contributed by atoms with Crippen molar-refractivity contribution in [1.29, 1.82) is 0 Å². The van der Waals surface area contributed by atoms with E-state index in [0.717, 1.165) is 60.1 Å². The fourth-order valence-corrected chi connectivity index (χ4v) is 4.53. The van der Waals surface area contributed by atoms with Gasteiger partial charge in [0.25, 0.3) is 0 Å². The minimum absolute atomic E-state index is 0.727. The molecule has 0 atom stereocenters. The molecule has 0 aliphatic rings. The van der Waals surface area contributed by atoms with E-state index < -0.39 is 0 Å². The van der Waals surface area contributed by atoms with Crippen LogP contribution in [0.3, 0.4) is 0 Å². The lowest BCUT2D eigenvalue weighted by atomic mass is 9.96. The van der Waals surface area contributed by atoms with Crippen LogP contribution >= 0.6 is 11.8 Å². The molecule has 0 spiro atoms. The molecule has 0 fully saturated rings. The summed E-state index contributed by atoms with van der Waals surface area (Å²) in [5.74, 6) is 0.796. The Balaban J connectivity index is 1.41. The second-order valence-corrected chi connectivity index (χ2v) is 9.33. The number of aromatic nitrogens is 4.